The third-order valence-electron chi connectivity index (χ3n) is 1.89. The minimum atomic E-state index is 0. The van der Waals surface area contributed by atoms with Gasteiger partial charge in [0, 0.05) is 12.6 Å². The van der Waals surface area contributed by atoms with E-state index in [4.69, 9.17) is 4.74 Å². The van der Waals surface area contributed by atoms with Gasteiger partial charge in [-0.05, 0) is 26.8 Å². The normalized spacial score (nSPS) is 33.0. The van der Waals surface area contributed by atoms with Crippen LogP contribution in [0.25, 0.3) is 0 Å². The SMILES string of the molecule is CNC1CCOC(C)C1.Cl. The highest BCUT2D eigenvalue weighted by molar-refractivity contribution is 5.85. The summed E-state index contributed by atoms with van der Waals surface area (Å²) in [5.74, 6) is 0. The number of ether oxygens (including phenoxy) is 1. The fourth-order valence-corrected chi connectivity index (χ4v) is 1.26. The molecule has 0 bridgehead atoms. The molecule has 0 aromatic rings. The van der Waals surface area contributed by atoms with Crippen molar-refractivity contribution in [3.05, 3.63) is 0 Å². The Kier molecular flexibility index (Phi) is 5.04. The zero-order chi connectivity index (χ0) is 6.69. The number of halogens is 1. The molecule has 1 saturated heterocycles. The molecule has 1 heterocycles. The molecule has 2 nitrogen and oxygen atoms in total. The van der Waals surface area contributed by atoms with Crippen LogP contribution in [0.1, 0.15) is 19.8 Å². The van der Waals surface area contributed by atoms with Crippen LogP contribution in [0.3, 0.4) is 0 Å². The van der Waals surface area contributed by atoms with Crippen molar-refractivity contribution in [2.45, 2.75) is 31.9 Å². The standard InChI is InChI=1S/C7H15NO.ClH/c1-6-5-7(8-2)3-4-9-6;/h6-8H,3-5H2,1-2H3;1H. The van der Waals surface area contributed by atoms with Gasteiger partial charge in [0.05, 0.1) is 6.10 Å². The third kappa shape index (κ3) is 2.86. The molecular weight excluding hydrogens is 150 g/mol. The average Bonchev–Trinajstić information content (AvgIpc) is 1.88. The van der Waals surface area contributed by atoms with E-state index in [9.17, 15) is 0 Å². The molecule has 0 aromatic heterocycles. The zero-order valence-corrected chi connectivity index (χ0v) is 7.41. The number of rotatable bonds is 1. The fourth-order valence-electron chi connectivity index (χ4n) is 1.26. The second-order valence-electron chi connectivity index (χ2n) is 2.69. The zero-order valence-electron chi connectivity index (χ0n) is 6.59. The van der Waals surface area contributed by atoms with E-state index in [1.54, 1.807) is 0 Å². The summed E-state index contributed by atoms with van der Waals surface area (Å²) >= 11 is 0. The van der Waals surface area contributed by atoms with Crippen molar-refractivity contribution >= 4 is 12.4 Å². The molecule has 0 aliphatic carbocycles. The summed E-state index contributed by atoms with van der Waals surface area (Å²) in [5.41, 5.74) is 0. The fraction of sp³-hybridized carbons (Fsp3) is 1.00. The molecule has 1 aliphatic rings. The molecule has 0 radical (unpaired) electrons. The number of hydrogen-bond acceptors (Lipinski definition) is 2. The molecule has 1 aliphatic heterocycles. The van der Waals surface area contributed by atoms with Gasteiger partial charge in [0.25, 0.3) is 0 Å². The van der Waals surface area contributed by atoms with E-state index >= 15 is 0 Å². The van der Waals surface area contributed by atoms with Crippen molar-refractivity contribution in [3.63, 3.8) is 0 Å². The van der Waals surface area contributed by atoms with Gasteiger partial charge in [-0.15, -0.1) is 12.4 Å². The predicted molar refractivity (Wildman–Crippen MR) is 44.7 cm³/mol. The monoisotopic (exact) mass is 165 g/mol. The average molecular weight is 166 g/mol. The van der Waals surface area contributed by atoms with Gasteiger partial charge in [-0.1, -0.05) is 0 Å². The van der Waals surface area contributed by atoms with Crippen LogP contribution in [-0.4, -0.2) is 25.8 Å². The summed E-state index contributed by atoms with van der Waals surface area (Å²) in [6, 6.07) is 0.689. The van der Waals surface area contributed by atoms with Gasteiger partial charge < -0.3 is 10.1 Å². The van der Waals surface area contributed by atoms with Crippen molar-refractivity contribution in [3.8, 4) is 0 Å². The lowest BCUT2D eigenvalue weighted by Crippen LogP contribution is -2.35. The Balaban J connectivity index is 0.000000810. The Bertz CT molecular complexity index is 89.7. The highest BCUT2D eigenvalue weighted by Crippen LogP contribution is 2.11. The van der Waals surface area contributed by atoms with Crippen LogP contribution < -0.4 is 5.32 Å². The smallest absolute Gasteiger partial charge is 0.0561 e. The molecule has 62 valence electrons. The quantitative estimate of drug-likeness (QED) is 0.631. The van der Waals surface area contributed by atoms with E-state index in [-0.39, 0.29) is 12.4 Å². The first-order valence-corrected chi connectivity index (χ1v) is 3.62. The van der Waals surface area contributed by atoms with Crippen LogP contribution in [0.4, 0.5) is 0 Å². The van der Waals surface area contributed by atoms with Gasteiger partial charge in [0.1, 0.15) is 0 Å². The molecular formula is C7H16ClNO. The minimum Gasteiger partial charge on any atom is -0.378 e. The first kappa shape index (κ1) is 10.2. The summed E-state index contributed by atoms with van der Waals surface area (Å²) in [4.78, 5) is 0. The van der Waals surface area contributed by atoms with Crippen molar-refractivity contribution in [2.75, 3.05) is 13.7 Å². The van der Waals surface area contributed by atoms with Gasteiger partial charge in [-0.2, -0.15) is 0 Å². The van der Waals surface area contributed by atoms with Crippen molar-refractivity contribution in [1.82, 2.24) is 5.32 Å². The van der Waals surface area contributed by atoms with Crippen LogP contribution in [0, 0.1) is 0 Å². The topological polar surface area (TPSA) is 21.3 Å². The summed E-state index contributed by atoms with van der Waals surface area (Å²) in [7, 11) is 2.02. The first-order valence-electron chi connectivity index (χ1n) is 3.62. The predicted octanol–water partition coefficient (Wildman–Crippen LogP) is 1.20. The minimum absolute atomic E-state index is 0. The van der Waals surface area contributed by atoms with Crippen LogP contribution in [0.5, 0.6) is 0 Å². The van der Waals surface area contributed by atoms with Crippen LogP contribution in [-0.2, 0) is 4.74 Å². The highest BCUT2D eigenvalue weighted by atomic mass is 35.5. The largest absolute Gasteiger partial charge is 0.378 e. The van der Waals surface area contributed by atoms with E-state index < -0.39 is 0 Å². The van der Waals surface area contributed by atoms with Gasteiger partial charge in [-0.25, -0.2) is 0 Å². The molecule has 3 heteroatoms. The number of nitrogens with one attached hydrogen (secondary N) is 1. The lowest BCUT2D eigenvalue weighted by molar-refractivity contribution is 0.0147. The second-order valence-corrected chi connectivity index (χ2v) is 2.69. The molecule has 0 aromatic carbocycles. The molecule has 1 N–H and O–H groups in total. The molecule has 1 rings (SSSR count). The van der Waals surface area contributed by atoms with E-state index in [2.05, 4.69) is 12.2 Å². The summed E-state index contributed by atoms with van der Waals surface area (Å²) in [6.07, 6.45) is 2.79. The Hall–Kier alpha value is 0.210. The van der Waals surface area contributed by atoms with Gasteiger partial charge in [0.15, 0.2) is 0 Å². The number of hydrogen-bond donors (Lipinski definition) is 1. The lowest BCUT2D eigenvalue weighted by atomic mass is 10.1. The maximum atomic E-state index is 5.37. The van der Waals surface area contributed by atoms with E-state index in [1.165, 1.54) is 6.42 Å². The third-order valence-corrected chi connectivity index (χ3v) is 1.89. The molecule has 0 spiro atoms. The molecule has 10 heavy (non-hydrogen) atoms. The molecule has 0 saturated carbocycles. The Labute approximate surface area is 68.7 Å². The second kappa shape index (κ2) is 4.94. The molecule has 1 fully saturated rings. The first-order chi connectivity index (χ1) is 4.33. The van der Waals surface area contributed by atoms with Gasteiger partial charge in [0.2, 0.25) is 0 Å². The van der Waals surface area contributed by atoms with E-state index in [0.29, 0.717) is 12.1 Å². The van der Waals surface area contributed by atoms with Crippen LogP contribution >= 0.6 is 12.4 Å². The summed E-state index contributed by atoms with van der Waals surface area (Å²) in [6.45, 7) is 3.05. The van der Waals surface area contributed by atoms with Crippen LogP contribution in [0.15, 0.2) is 0 Å². The maximum absolute atomic E-state index is 5.37. The van der Waals surface area contributed by atoms with E-state index in [1.807, 2.05) is 7.05 Å². The Morgan fingerprint density at radius 2 is 2.20 bits per heavy atom. The highest BCUT2D eigenvalue weighted by Gasteiger charge is 2.16. The van der Waals surface area contributed by atoms with Crippen LogP contribution in [0.2, 0.25) is 0 Å². The molecule has 2 atom stereocenters. The lowest BCUT2D eigenvalue weighted by Gasteiger charge is -2.26. The molecule has 0 amide bonds. The van der Waals surface area contributed by atoms with Crippen molar-refractivity contribution in [1.29, 1.82) is 0 Å². The van der Waals surface area contributed by atoms with Crippen molar-refractivity contribution < 1.29 is 4.74 Å². The van der Waals surface area contributed by atoms with E-state index in [0.717, 1.165) is 13.0 Å². The van der Waals surface area contributed by atoms with Gasteiger partial charge >= 0.3 is 0 Å². The molecule has 2 unspecified atom stereocenters. The maximum Gasteiger partial charge on any atom is 0.0561 e. The summed E-state index contributed by atoms with van der Waals surface area (Å²) in [5, 5.41) is 3.25. The summed E-state index contributed by atoms with van der Waals surface area (Å²) < 4.78 is 5.37. The van der Waals surface area contributed by atoms with Crippen molar-refractivity contribution in [2.24, 2.45) is 0 Å². The Morgan fingerprint density at radius 3 is 2.60 bits per heavy atom. The van der Waals surface area contributed by atoms with Gasteiger partial charge in [-0.3, -0.25) is 0 Å². The Morgan fingerprint density at radius 1 is 1.50 bits per heavy atom.